The fraction of sp³-hybridized carbons (Fsp3) is 0.516. The Kier molecular flexibility index (Phi) is 6.12. The predicted octanol–water partition coefficient (Wildman–Crippen LogP) is 6.22. The summed E-state index contributed by atoms with van der Waals surface area (Å²) in [6.45, 7) is 1.96. The Hall–Kier alpha value is -2.82. The van der Waals surface area contributed by atoms with Crippen LogP contribution in [0.2, 0.25) is 5.02 Å². The number of hydrogen-bond acceptors (Lipinski definition) is 6. The van der Waals surface area contributed by atoms with Crippen LogP contribution in [0.15, 0.2) is 30.5 Å². The van der Waals surface area contributed by atoms with Crippen molar-refractivity contribution in [1.29, 1.82) is 0 Å². The van der Waals surface area contributed by atoms with E-state index >= 15 is 0 Å². The van der Waals surface area contributed by atoms with Gasteiger partial charge in [0.1, 0.15) is 6.54 Å². The number of fused-ring (bicyclic) bond motifs is 2. The lowest BCUT2D eigenvalue weighted by atomic mass is 9.75. The fourth-order valence-electron chi connectivity index (χ4n) is 7.73. The maximum Gasteiger partial charge on any atom is 0.327 e. The highest BCUT2D eigenvalue weighted by atomic mass is 35.5. The number of halogens is 3. The van der Waals surface area contributed by atoms with Crippen molar-refractivity contribution < 1.29 is 18.4 Å². The molecule has 1 spiro atoms. The largest absolute Gasteiger partial charge is 0.366 e. The first-order valence-corrected chi connectivity index (χ1v) is 16.1. The number of thiophene rings is 1. The van der Waals surface area contributed by atoms with Gasteiger partial charge in [-0.1, -0.05) is 11.6 Å². The Balaban J connectivity index is 1.12. The van der Waals surface area contributed by atoms with Gasteiger partial charge in [-0.3, -0.25) is 14.7 Å². The molecule has 1 atom stereocenters. The molecule has 2 aromatic heterocycles. The van der Waals surface area contributed by atoms with Gasteiger partial charge in [0.2, 0.25) is 0 Å². The maximum absolute atomic E-state index is 13.4. The van der Waals surface area contributed by atoms with Crippen LogP contribution < -0.4 is 10.2 Å². The van der Waals surface area contributed by atoms with Gasteiger partial charge in [-0.2, -0.15) is 0 Å². The van der Waals surface area contributed by atoms with E-state index in [1.165, 1.54) is 51.6 Å². The summed E-state index contributed by atoms with van der Waals surface area (Å²) in [6.07, 6.45) is 8.10. The number of alkyl halides is 2. The van der Waals surface area contributed by atoms with Gasteiger partial charge < -0.3 is 15.1 Å². The number of anilines is 1. The first kappa shape index (κ1) is 26.8. The lowest BCUT2D eigenvalue weighted by molar-refractivity contribution is -0.128. The second-order valence-electron chi connectivity index (χ2n) is 12.7. The molecule has 4 fully saturated rings. The highest BCUT2D eigenvalue weighted by Crippen LogP contribution is 2.47. The number of pyridine rings is 1. The van der Waals surface area contributed by atoms with Crippen molar-refractivity contribution in [3.05, 3.63) is 45.9 Å². The molecule has 3 aliphatic heterocycles. The van der Waals surface area contributed by atoms with E-state index < -0.39 is 18.0 Å². The van der Waals surface area contributed by atoms with Crippen molar-refractivity contribution in [2.75, 3.05) is 24.5 Å². The zero-order valence-corrected chi connectivity index (χ0v) is 24.7. The number of carbonyl (C=O) groups excluding carboxylic acids is 2. The number of urea groups is 1. The molecule has 3 amide bonds. The predicted molar refractivity (Wildman–Crippen MR) is 159 cm³/mol. The second-order valence-corrected chi connectivity index (χ2v) is 14.3. The summed E-state index contributed by atoms with van der Waals surface area (Å²) in [5, 5.41) is 4.55. The van der Waals surface area contributed by atoms with Crippen LogP contribution in [-0.2, 0) is 17.8 Å². The minimum Gasteiger partial charge on any atom is -0.366 e. The molecule has 8 rings (SSSR count). The third-order valence-electron chi connectivity index (χ3n) is 10.0. The molecule has 2 aliphatic carbocycles. The van der Waals surface area contributed by atoms with Crippen molar-refractivity contribution in [2.45, 2.75) is 81.5 Å². The van der Waals surface area contributed by atoms with E-state index in [4.69, 9.17) is 11.6 Å². The van der Waals surface area contributed by atoms with Crippen LogP contribution in [0.3, 0.4) is 0 Å². The number of hydrogen-bond donors (Lipinski definition) is 1. The van der Waals surface area contributed by atoms with Crippen LogP contribution >= 0.6 is 22.9 Å². The molecule has 42 heavy (non-hydrogen) atoms. The van der Waals surface area contributed by atoms with Gasteiger partial charge in [-0.05, 0) is 68.4 Å². The van der Waals surface area contributed by atoms with E-state index in [-0.39, 0.29) is 31.8 Å². The van der Waals surface area contributed by atoms with Crippen molar-refractivity contribution >= 4 is 50.8 Å². The number of amides is 3. The molecule has 220 valence electrons. The van der Waals surface area contributed by atoms with Crippen molar-refractivity contribution in [2.24, 2.45) is 0 Å². The summed E-state index contributed by atoms with van der Waals surface area (Å²) >= 11 is 8.24. The smallest absolute Gasteiger partial charge is 0.327 e. The van der Waals surface area contributed by atoms with Gasteiger partial charge in [-0.15, -0.1) is 11.3 Å². The monoisotopic (exact) mass is 611 g/mol. The third-order valence-corrected chi connectivity index (χ3v) is 11.4. The number of imide groups is 1. The molecule has 0 bridgehead atoms. The number of nitrogens with one attached hydrogen (secondary N) is 1. The Labute approximate surface area is 251 Å². The second kappa shape index (κ2) is 9.59. The van der Waals surface area contributed by atoms with Gasteiger partial charge in [0.25, 0.3) is 11.8 Å². The summed E-state index contributed by atoms with van der Waals surface area (Å²) in [5.41, 5.74) is 5.78. The summed E-state index contributed by atoms with van der Waals surface area (Å²) in [7, 11) is 0. The molecule has 1 aromatic carbocycles. The minimum absolute atomic E-state index is 0.105. The third kappa shape index (κ3) is 4.32. The number of aromatic nitrogens is 1. The summed E-state index contributed by atoms with van der Waals surface area (Å²) in [4.78, 5) is 36.4. The molecule has 5 aliphatic rings. The van der Waals surface area contributed by atoms with E-state index in [9.17, 15) is 18.4 Å². The molecule has 0 unspecified atom stereocenters. The standard InChI is InChI=1S/C31H32ClF2N5O2S/c32-19-9-18-3-1-8-37(21-12-30(36-15-21)5-2-6-30)27(18)24(10-19)23-4-7-35-25-11-22(42-28(23)25)16-39-26(40)17-38(29(39)41)20-13-31(33,34)14-20/h4,7,9-11,20-21,36H,1-3,5-6,8,12-17H2/t21-/m0/s1. The molecule has 5 heterocycles. The van der Waals surface area contributed by atoms with Gasteiger partial charge in [0, 0.05) is 76.5 Å². The average molecular weight is 612 g/mol. The normalized spacial score (nSPS) is 24.9. The van der Waals surface area contributed by atoms with E-state index in [1.54, 1.807) is 6.20 Å². The first-order valence-electron chi connectivity index (χ1n) is 14.9. The number of carbonyl (C=O) groups is 2. The Morgan fingerprint density at radius 3 is 2.62 bits per heavy atom. The molecule has 2 saturated heterocycles. The maximum atomic E-state index is 13.4. The number of benzene rings is 1. The molecular formula is C31H32ClF2N5O2S. The highest BCUT2D eigenvalue weighted by Gasteiger charge is 2.52. The molecule has 2 saturated carbocycles. The first-order chi connectivity index (χ1) is 20.2. The van der Waals surface area contributed by atoms with E-state index in [1.807, 2.05) is 12.1 Å². The quantitative estimate of drug-likeness (QED) is 0.347. The minimum atomic E-state index is -2.75. The zero-order valence-electron chi connectivity index (χ0n) is 23.2. The topological polar surface area (TPSA) is 68.8 Å². The lowest BCUT2D eigenvalue weighted by Gasteiger charge is -2.41. The van der Waals surface area contributed by atoms with Gasteiger partial charge >= 0.3 is 6.03 Å². The molecule has 11 heteroatoms. The van der Waals surface area contributed by atoms with Gasteiger partial charge in [0.05, 0.1) is 16.8 Å². The van der Waals surface area contributed by atoms with Crippen LogP contribution in [0.25, 0.3) is 21.3 Å². The number of rotatable bonds is 5. The summed E-state index contributed by atoms with van der Waals surface area (Å²) < 4.78 is 27.9. The van der Waals surface area contributed by atoms with Crippen LogP contribution in [0.4, 0.5) is 19.3 Å². The number of aryl methyl sites for hydroxylation is 1. The zero-order chi connectivity index (χ0) is 28.8. The van der Waals surface area contributed by atoms with E-state index in [0.717, 1.165) is 58.6 Å². The molecule has 1 N–H and O–H groups in total. The highest BCUT2D eigenvalue weighted by molar-refractivity contribution is 7.19. The van der Waals surface area contributed by atoms with Gasteiger partial charge in [0.15, 0.2) is 0 Å². The average Bonchev–Trinajstić information content (AvgIpc) is 3.63. The van der Waals surface area contributed by atoms with Crippen molar-refractivity contribution in [1.82, 2.24) is 20.1 Å². The lowest BCUT2D eigenvalue weighted by Crippen LogP contribution is -2.52. The SMILES string of the molecule is O=C1CN(C2CC(F)(F)C2)C(=O)N1Cc1cc2nccc(-c3cc(Cl)cc4c3N([C@@H]3CNC5(CCC5)C3)CCC4)c2s1. The Morgan fingerprint density at radius 2 is 1.88 bits per heavy atom. The molecule has 7 nitrogen and oxygen atoms in total. The van der Waals surface area contributed by atoms with Crippen molar-refractivity contribution in [3.63, 3.8) is 0 Å². The van der Waals surface area contributed by atoms with Crippen LogP contribution in [0.1, 0.15) is 55.4 Å². The van der Waals surface area contributed by atoms with E-state index in [0.29, 0.717) is 16.6 Å². The Morgan fingerprint density at radius 1 is 1.05 bits per heavy atom. The molecule has 3 aromatic rings. The summed E-state index contributed by atoms with van der Waals surface area (Å²) in [6, 6.07) is 7.51. The van der Waals surface area contributed by atoms with E-state index in [2.05, 4.69) is 27.3 Å². The van der Waals surface area contributed by atoms with Crippen molar-refractivity contribution in [3.8, 4) is 11.1 Å². The molecular weight excluding hydrogens is 580 g/mol. The number of nitrogens with zero attached hydrogens (tertiary/aromatic N) is 4. The van der Waals surface area contributed by atoms with Crippen LogP contribution in [0.5, 0.6) is 0 Å². The molecule has 0 radical (unpaired) electrons. The fourth-order valence-corrected chi connectivity index (χ4v) is 9.10. The van der Waals surface area contributed by atoms with Crippen LogP contribution in [-0.4, -0.2) is 69.9 Å². The van der Waals surface area contributed by atoms with Gasteiger partial charge in [-0.25, -0.2) is 13.6 Å². The van der Waals surface area contributed by atoms with Crippen LogP contribution in [0, 0.1) is 0 Å². The summed E-state index contributed by atoms with van der Waals surface area (Å²) in [5.74, 6) is -3.11. The Bertz CT molecular complexity index is 1620.